The Balaban J connectivity index is 1.70. The number of rotatable bonds is 3. The minimum absolute atomic E-state index is 0.0515. The SMILES string of the molecule is CN(C)C(=O)c1cc(NC2CCN3CCCCC23)ccn1. The summed E-state index contributed by atoms with van der Waals surface area (Å²) < 4.78 is 0. The summed E-state index contributed by atoms with van der Waals surface area (Å²) in [6, 6.07) is 4.97. The van der Waals surface area contributed by atoms with Gasteiger partial charge in [0.25, 0.3) is 5.91 Å². The molecular weight excluding hydrogens is 264 g/mol. The maximum Gasteiger partial charge on any atom is 0.272 e. The van der Waals surface area contributed by atoms with E-state index >= 15 is 0 Å². The van der Waals surface area contributed by atoms with Crippen molar-refractivity contribution < 1.29 is 4.79 Å². The Morgan fingerprint density at radius 1 is 1.33 bits per heavy atom. The number of carbonyl (C=O) groups is 1. The normalized spacial score (nSPS) is 25.4. The van der Waals surface area contributed by atoms with Crippen LogP contribution in [-0.2, 0) is 0 Å². The molecule has 0 aromatic carbocycles. The summed E-state index contributed by atoms with van der Waals surface area (Å²) in [6.07, 6.45) is 6.85. The smallest absolute Gasteiger partial charge is 0.272 e. The lowest BCUT2D eigenvalue weighted by Crippen LogP contribution is -2.41. The number of nitrogens with zero attached hydrogens (tertiary/aromatic N) is 3. The third-order valence-corrected chi connectivity index (χ3v) is 4.59. The van der Waals surface area contributed by atoms with E-state index in [2.05, 4.69) is 15.2 Å². The van der Waals surface area contributed by atoms with Gasteiger partial charge in [-0.3, -0.25) is 14.7 Å². The zero-order valence-corrected chi connectivity index (χ0v) is 12.9. The molecule has 2 aliphatic heterocycles. The predicted molar refractivity (Wildman–Crippen MR) is 83.5 cm³/mol. The fraction of sp³-hybridized carbons (Fsp3) is 0.625. The first kappa shape index (κ1) is 14.3. The van der Waals surface area contributed by atoms with E-state index in [0.717, 1.165) is 5.69 Å². The molecule has 114 valence electrons. The van der Waals surface area contributed by atoms with E-state index in [9.17, 15) is 4.79 Å². The topological polar surface area (TPSA) is 48.5 Å². The molecule has 3 rings (SSSR count). The van der Waals surface area contributed by atoms with Gasteiger partial charge in [-0.1, -0.05) is 6.42 Å². The van der Waals surface area contributed by atoms with E-state index < -0.39 is 0 Å². The highest BCUT2D eigenvalue weighted by molar-refractivity contribution is 5.92. The number of piperidine rings is 1. The van der Waals surface area contributed by atoms with Crippen LogP contribution in [0.3, 0.4) is 0 Å². The first-order valence-corrected chi connectivity index (χ1v) is 7.83. The van der Waals surface area contributed by atoms with Crippen LogP contribution in [-0.4, -0.2) is 60.0 Å². The summed E-state index contributed by atoms with van der Waals surface area (Å²) in [5, 5.41) is 3.62. The van der Waals surface area contributed by atoms with E-state index in [1.807, 2.05) is 12.1 Å². The van der Waals surface area contributed by atoms with Gasteiger partial charge < -0.3 is 10.2 Å². The first-order valence-electron chi connectivity index (χ1n) is 7.83. The minimum atomic E-state index is -0.0515. The molecule has 5 nitrogen and oxygen atoms in total. The summed E-state index contributed by atoms with van der Waals surface area (Å²) in [6.45, 7) is 2.43. The van der Waals surface area contributed by atoms with Crippen molar-refractivity contribution in [2.45, 2.75) is 37.8 Å². The van der Waals surface area contributed by atoms with Crippen LogP contribution in [0.2, 0.25) is 0 Å². The molecule has 1 amide bonds. The van der Waals surface area contributed by atoms with Gasteiger partial charge in [0.15, 0.2) is 0 Å². The van der Waals surface area contributed by atoms with Crippen molar-refractivity contribution in [3.63, 3.8) is 0 Å². The Bertz CT molecular complexity index is 517. The van der Waals surface area contributed by atoms with Gasteiger partial charge in [-0.2, -0.15) is 0 Å². The fourth-order valence-electron chi connectivity index (χ4n) is 3.50. The van der Waals surface area contributed by atoms with Gasteiger partial charge in [0.05, 0.1) is 0 Å². The second-order valence-electron chi connectivity index (χ2n) is 6.27. The van der Waals surface area contributed by atoms with Gasteiger partial charge in [-0.05, 0) is 37.9 Å². The monoisotopic (exact) mass is 288 g/mol. The molecular formula is C16H24N4O. The molecule has 0 aliphatic carbocycles. The van der Waals surface area contributed by atoms with Gasteiger partial charge in [0.2, 0.25) is 0 Å². The van der Waals surface area contributed by atoms with Crippen molar-refractivity contribution in [2.24, 2.45) is 0 Å². The second kappa shape index (κ2) is 6.02. The quantitative estimate of drug-likeness (QED) is 0.922. The van der Waals surface area contributed by atoms with Gasteiger partial charge in [-0.15, -0.1) is 0 Å². The number of fused-ring (bicyclic) bond motifs is 1. The average Bonchev–Trinajstić information content (AvgIpc) is 2.90. The van der Waals surface area contributed by atoms with Crippen molar-refractivity contribution in [1.82, 2.24) is 14.8 Å². The summed E-state index contributed by atoms with van der Waals surface area (Å²) in [4.78, 5) is 20.3. The molecule has 2 aliphatic rings. The van der Waals surface area contributed by atoms with Crippen LogP contribution in [0, 0.1) is 0 Å². The molecule has 1 aromatic heterocycles. The van der Waals surface area contributed by atoms with Crippen LogP contribution < -0.4 is 5.32 Å². The van der Waals surface area contributed by atoms with Gasteiger partial charge in [0.1, 0.15) is 5.69 Å². The number of hydrogen-bond acceptors (Lipinski definition) is 4. The lowest BCUT2D eigenvalue weighted by molar-refractivity contribution is 0.0822. The summed E-state index contributed by atoms with van der Waals surface area (Å²) >= 11 is 0. The van der Waals surface area contributed by atoms with Crippen molar-refractivity contribution in [1.29, 1.82) is 0 Å². The highest BCUT2D eigenvalue weighted by Crippen LogP contribution is 2.29. The maximum atomic E-state index is 12.0. The molecule has 0 bridgehead atoms. The molecule has 2 saturated heterocycles. The van der Waals surface area contributed by atoms with Crippen LogP contribution in [0.15, 0.2) is 18.3 Å². The van der Waals surface area contributed by atoms with Crippen LogP contribution in [0.25, 0.3) is 0 Å². The number of carbonyl (C=O) groups excluding carboxylic acids is 1. The lowest BCUT2D eigenvalue weighted by Gasteiger charge is -2.33. The molecule has 2 atom stereocenters. The van der Waals surface area contributed by atoms with Crippen molar-refractivity contribution in [3.05, 3.63) is 24.0 Å². The maximum absolute atomic E-state index is 12.0. The molecule has 2 fully saturated rings. The number of anilines is 1. The van der Waals surface area contributed by atoms with E-state index in [1.54, 1.807) is 25.2 Å². The number of amides is 1. The van der Waals surface area contributed by atoms with Crippen LogP contribution in [0.4, 0.5) is 5.69 Å². The fourth-order valence-corrected chi connectivity index (χ4v) is 3.50. The molecule has 21 heavy (non-hydrogen) atoms. The second-order valence-corrected chi connectivity index (χ2v) is 6.27. The summed E-state index contributed by atoms with van der Waals surface area (Å²) in [7, 11) is 3.50. The van der Waals surface area contributed by atoms with Crippen LogP contribution >= 0.6 is 0 Å². The van der Waals surface area contributed by atoms with Crippen LogP contribution in [0.1, 0.15) is 36.2 Å². The van der Waals surface area contributed by atoms with Crippen molar-refractivity contribution >= 4 is 11.6 Å². The third kappa shape index (κ3) is 3.02. The Morgan fingerprint density at radius 3 is 3.00 bits per heavy atom. The predicted octanol–water partition coefficient (Wildman–Crippen LogP) is 1.82. The minimum Gasteiger partial charge on any atom is -0.381 e. The molecule has 0 radical (unpaired) electrons. The lowest BCUT2D eigenvalue weighted by atomic mass is 9.99. The van der Waals surface area contributed by atoms with E-state index in [-0.39, 0.29) is 5.91 Å². The van der Waals surface area contributed by atoms with Crippen molar-refractivity contribution in [2.75, 3.05) is 32.5 Å². The van der Waals surface area contributed by atoms with Crippen LogP contribution in [0.5, 0.6) is 0 Å². The molecule has 0 spiro atoms. The highest BCUT2D eigenvalue weighted by atomic mass is 16.2. The highest BCUT2D eigenvalue weighted by Gasteiger charge is 2.35. The Labute approximate surface area is 126 Å². The standard InChI is InChI=1S/C16H24N4O/c1-19(2)16(21)14-11-12(6-8-17-14)18-13-7-10-20-9-4-3-5-15(13)20/h6,8,11,13,15H,3-5,7,9-10H2,1-2H3,(H,17,18). The van der Waals surface area contributed by atoms with E-state index in [0.29, 0.717) is 17.8 Å². The van der Waals surface area contributed by atoms with Gasteiger partial charge in [-0.25, -0.2) is 0 Å². The van der Waals surface area contributed by atoms with Gasteiger partial charge in [0, 0.05) is 44.6 Å². The first-order chi connectivity index (χ1) is 10.1. The molecule has 3 heterocycles. The number of aromatic nitrogens is 1. The largest absolute Gasteiger partial charge is 0.381 e. The van der Waals surface area contributed by atoms with E-state index in [1.165, 1.54) is 38.8 Å². The number of nitrogens with one attached hydrogen (secondary N) is 1. The Kier molecular flexibility index (Phi) is 4.10. The molecule has 5 heteroatoms. The Hall–Kier alpha value is -1.62. The third-order valence-electron chi connectivity index (χ3n) is 4.59. The zero-order chi connectivity index (χ0) is 14.8. The van der Waals surface area contributed by atoms with Gasteiger partial charge >= 0.3 is 0 Å². The Morgan fingerprint density at radius 2 is 2.19 bits per heavy atom. The average molecular weight is 288 g/mol. The summed E-state index contributed by atoms with van der Waals surface area (Å²) in [5.74, 6) is -0.0515. The number of hydrogen-bond donors (Lipinski definition) is 1. The number of pyridine rings is 1. The molecule has 0 saturated carbocycles. The molecule has 1 aromatic rings. The molecule has 2 unspecified atom stereocenters. The molecule has 1 N–H and O–H groups in total. The van der Waals surface area contributed by atoms with E-state index in [4.69, 9.17) is 0 Å². The summed E-state index contributed by atoms with van der Waals surface area (Å²) in [5.41, 5.74) is 1.51. The van der Waals surface area contributed by atoms with Crippen molar-refractivity contribution in [3.8, 4) is 0 Å². The zero-order valence-electron chi connectivity index (χ0n) is 12.9.